The Hall–Kier alpha value is -3.93. The molecule has 1 atom stereocenters. The van der Waals surface area contributed by atoms with Crippen molar-refractivity contribution in [3.05, 3.63) is 124 Å². The number of methoxy groups -OCH3 is 1. The molecule has 0 radical (unpaired) electrons. The number of nitrogens with one attached hydrogen (secondary N) is 1. The molecule has 0 aliphatic heterocycles. The van der Waals surface area contributed by atoms with Gasteiger partial charge in [0, 0.05) is 17.3 Å². The van der Waals surface area contributed by atoms with Crippen LogP contribution in [0.25, 0.3) is 22.0 Å². The van der Waals surface area contributed by atoms with E-state index in [0.717, 1.165) is 27.6 Å². The number of carbonyl (C=O) groups is 1. The molecule has 1 amide bonds. The fourth-order valence-corrected chi connectivity index (χ4v) is 4.82. The first-order valence-electron chi connectivity index (χ1n) is 12.0. The highest BCUT2D eigenvalue weighted by molar-refractivity contribution is 6.42. The van der Waals surface area contributed by atoms with Crippen LogP contribution in [0.3, 0.4) is 0 Å². The van der Waals surface area contributed by atoms with E-state index in [1.54, 1.807) is 37.6 Å². The van der Waals surface area contributed by atoms with E-state index in [2.05, 4.69) is 10.3 Å². The maximum absolute atomic E-state index is 14.0. The van der Waals surface area contributed by atoms with Gasteiger partial charge in [-0.1, -0.05) is 65.7 Å². The van der Waals surface area contributed by atoms with Gasteiger partial charge in [-0.05, 0) is 77.2 Å². The molecule has 0 aliphatic rings. The molecule has 5 aromatic rings. The highest BCUT2D eigenvalue weighted by Crippen LogP contribution is 2.33. The number of aromatic nitrogens is 1. The highest BCUT2D eigenvalue weighted by atomic mass is 35.5. The lowest BCUT2D eigenvalue weighted by atomic mass is 9.89. The number of amides is 1. The SMILES string of the molecule is COc1ccccc1C[C@@H](C(=O)Nc1ccc(Cl)c(Cl)c1)c1ccc(-c2ccnc3ccc(F)cc23)cc1. The number of hydrogen-bond acceptors (Lipinski definition) is 3. The van der Waals surface area contributed by atoms with Gasteiger partial charge in [0.05, 0.1) is 28.6 Å². The second-order valence-electron chi connectivity index (χ2n) is 8.83. The predicted octanol–water partition coefficient (Wildman–Crippen LogP) is 8.32. The third-order valence-electron chi connectivity index (χ3n) is 6.45. The Morgan fingerprint density at radius 1 is 0.947 bits per heavy atom. The van der Waals surface area contributed by atoms with E-state index in [9.17, 15) is 9.18 Å². The first-order valence-corrected chi connectivity index (χ1v) is 12.7. The summed E-state index contributed by atoms with van der Waals surface area (Å²) < 4.78 is 19.5. The summed E-state index contributed by atoms with van der Waals surface area (Å²) in [5, 5.41) is 4.46. The van der Waals surface area contributed by atoms with Crippen molar-refractivity contribution in [2.75, 3.05) is 12.4 Å². The van der Waals surface area contributed by atoms with E-state index in [1.165, 1.54) is 12.1 Å². The number of carbonyl (C=O) groups excluding carboxylic acids is 1. The number of rotatable bonds is 7. The van der Waals surface area contributed by atoms with Gasteiger partial charge in [-0.3, -0.25) is 9.78 Å². The molecule has 0 saturated carbocycles. The van der Waals surface area contributed by atoms with Crippen molar-refractivity contribution in [1.29, 1.82) is 0 Å². The third-order valence-corrected chi connectivity index (χ3v) is 7.19. The first-order chi connectivity index (χ1) is 18.4. The summed E-state index contributed by atoms with van der Waals surface area (Å²) in [6.45, 7) is 0. The lowest BCUT2D eigenvalue weighted by Crippen LogP contribution is -2.23. The van der Waals surface area contributed by atoms with Crippen LogP contribution in [-0.4, -0.2) is 18.0 Å². The van der Waals surface area contributed by atoms with Crippen molar-refractivity contribution in [2.45, 2.75) is 12.3 Å². The second-order valence-corrected chi connectivity index (χ2v) is 9.64. The predicted molar refractivity (Wildman–Crippen MR) is 152 cm³/mol. The Kier molecular flexibility index (Phi) is 7.59. The van der Waals surface area contributed by atoms with Crippen LogP contribution in [-0.2, 0) is 11.2 Å². The van der Waals surface area contributed by atoms with Crippen molar-refractivity contribution >= 4 is 45.7 Å². The van der Waals surface area contributed by atoms with Gasteiger partial charge in [0.25, 0.3) is 0 Å². The van der Waals surface area contributed by atoms with Gasteiger partial charge in [-0.15, -0.1) is 0 Å². The van der Waals surface area contributed by atoms with E-state index in [0.29, 0.717) is 33.4 Å². The molecule has 0 spiro atoms. The van der Waals surface area contributed by atoms with Crippen LogP contribution in [0, 0.1) is 5.82 Å². The first kappa shape index (κ1) is 25.7. The molecule has 0 saturated heterocycles. The van der Waals surface area contributed by atoms with Crippen LogP contribution >= 0.6 is 23.2 Å². The van der Waals surface area contributed by atoms with Gasteiger partial charge >= 0.3 is 0 Å². The molecule has 7 heteroatoms. The van der Waals surface area contributed by atoms with Crippen LogP contribution < -0.4 is 10.1 Å². The van der Waals surface area contributed by atoms with E-state index in [-0.39, 0.29) is 11.7 Å². The maximum Gasteiger partial charge on any atom is 0.232 e. The average molecular weight is 545 g/mol. The standard InChI is InChI=1S/C31H23Cl2FN2O2/c1-38-30-5-3-2-4-21(30)16-25(31(37)36-23-11-12-27(32)28(33)18-23)20-8-6-19(7-9-20)24-14-15-35-29-13-10-22(34)17-26(24)29/h2-15,17-18,25H,16H2,1H3,(H,36,37)/t25-/m1/s1. The second kappa shape index (κ2) is 11.2. The minimum absolute atomic E-state index is 0.196. The summed E-state index contributed by atoms with van der Waals surface area (Å²) in [4.78, 5) is 17.9. The molecule has 1 N–H and O–H groups in total. The van der Waals surface area contributed by atoms with Crippen LogP contribution in [0.5, 0.6) is 5.75 Å². The highest BCUT2D eigenvalue weighted by Gasteiger charge is 2.23. The Balaban J connectivity index is 1.50. The smallest absolute Gasteiger partial charge is 0.232 e. The van der Waals surface area contributed by atoms with Gasteiger partial charge in [0.1, 0.15) is 11.6 Å². The van der Waals surface area contributed by atoms with Gasteiger partial charge in [-0.25, -0.2) is 4.39 Å². The van der Waals surface area contributed by atoms with Crippen molar-refractivity contribution in [3.63, 3.8) is 0 Å². The molecule has 4 aromatic carbocycles. The van der Waals surface area contributed by atoms with E-state index in [4.69, 9.17) is 27.9 Å². The summed E-state index contributed by atoms with van der Waals surface area (Å²) in [5.41, 5.74) is 4.75. The topological polar surface area (TPSA) is 51.2 Å². The summed E-state index contributed by atoms with van der Waals surface area (Å²) in [6.07, 6.45) is 2.12. The molecule has 38 heavy (non-hydrogen) atoms. The Morgan fingerprint density at radius 3 is 2.50 bits per heavy atom. The monoisotopic (exact) mass is 544 g/mol. The third kappa shape index (κ3) is 5.49. The molecular weight excluding hydrogens is 522 g/mol. The summed E-state index contributed by atoms with van der Waals surface area (Å²) in [6, 6.07) is 26.8. The normalized spacial score (nSPS) is 11.8. The Morgan fingerprint density at radius 2 is 1.74 bits per heavy atom. The van der Waals surface area contributed by atoms with E-state index >= 15 is 0 Å². The van der Waals surface area contributed by atoms with Crippen molar-refractivity contribution in [1.82, 2.24) is 4.98 Å². The molecular formula is C31H23Cl2FN2O2. The number of ether oxygens (including phenoxy) is 1. The van der Waals surface area contributed by atoms with Crippen LogP contribution in [0.4, 0.5) is 10.1 Å². The number of benzene rings is 4. The zero-order valence-electron chi connectivity index (χ0n) is 20.4. The Labute approximate surface area is 230 Å². The lowest BCUT2D eigenvalue weighted by molar-refractivity contribution is -0.117. The average Bonchev–Trinajstić information content (AvgIpc) is 2.93. The van der Waals surface area contributed by atoms with Gasteiger partial charge in [0.2, 0.25) is 5.91 Å². The number of fused-ring (bicyclic) bond motifs is 1. The largest absolute Gasteiger partial charge is 0.496 e. The molecule has 4 nitrogen and oxygen atoms in total. The minimum atomic E-state index is -0.526. The quantitative estimate of drug-likeness (QED) is 0.224. The zero-order valence-corrected chi connectivity index (χ0v) is 21.9. The number of nitrogens with zero attached hydrogens (tertiary/aromatic N) is 1. The Bertz CT molecular complexity index is 1620. The van der Waals surface area contributed by atoms with Crippen LogP contribution in [0.2, 0.25) is 10.0 Å². The van der Waals surface area contributed by atoms with Crippen molar-refractivity contribution < 1.29 is 13.9 Å². The van der Waals surface area contributed by atoms with Gasteiger partial charge in [-0.2, -0.15) is 0 Å². The summed E-state index contributed by atoms with van der Waals surface area (Å²) in [7, 11) is 1.61. The molecule has 0 aliphatic carbocycles. The number of hydrogen-bond donors (Lipinski definition) is 1. The van der Waals surface area contributed by atoms with Crippen molar-refractivity contribution in [2.24, 2.45) is 0 Å². The van der Waals surface area contributed by atoms with E-state index in [1.807, 2.05) is 54.6 Å². The summed E-state index contributed by atoms with van der Waals surface area (Å²) >= 11 is 12.2. The lowest BCUT2D eigenvalue weighted by Gasteiger charge is -2.20. The number of halogens is 3. The summed E-state index contributed by atoms with van der Waals surface area (Å²) in [5.74, 6) is -0.333. The zero-order chi connectivity index (χ0) is 26.6. The fraction of sp³-hybridized carbons (Fsp3) is 0.0968. The number of para-hydroxylation sites is 1. The molecule has 190 valence electrons. The maximum atomic E-state index is 14.0. The molecule has 5 rings (SSSR count). The molecule has 0 unspecified atom stereocenters. The number of anilines is 1. The molecule has 0 fully saturated rings. The van der Waals surface area contributed by atoms with Gasteiger partial charge in [0.15, 0.2) is 0 Å². The van der Waals surface area contributed by atoms with E-state index < -0.39 is 5.92 Å². The molecule has 1 aromatic heterocycles. The van der Waals surface area contributed by atoms with Gasteiger partial charge < -0.3 is 10.1 Å². The molecule has 1 heterocycles. The van der Waals surface area contributed by atoms with Crippen LogP contribution in [0.15, 0.2) is 97.2 Å². The molecule has 0 bridgehead atoms. The number of pyridine rings is 1. The van der Waals surface area contributed by atoms with Crippen LogP contribution in [0.1, 0.15) is 17.0 Å². The van der Waals surface area contributed by atoms with Crippen molar-refractivity contribution in [3.8, 4) is 16.9 Å². The fourth-order valence-electron chi connectivity index (χ4n) is 4.52. The minimum Gasteiger partial charge on any atom is -0.496 e.